The van der Waals surface area contributed by atoms with Crippen LogP contribution in [-0.2, 0) is 11.5 Å². The lowest BCUT2D eigenvalue weighted by molar-refractivity contribution is 0.0831. The van der Waals surface area contributed by atoms with Crippen LogP contribution >= 0.6 is 9.39 Å². The lowest BCUT2D eigenvalue weighted by Gasteiger charge is -2.20. The van der Waals surface area contributed by atoms with Crippen molar-refractivity contribution in [3.05, 3.63) is 17.7 Å². The number of imidazole rings is 1. The highest BCUT2D eigenvalue weighted by atomic mass is 31.0. The van der Waals surface area contributed by atoms with Gasteiger partial charge in [-0.3, -0.25) is 4.67 Å². The van der Waals surface area contributed by atoms with Gasteiger partial charge < -0.3 is 9.30 Å². The Morgan fingerprint density at radius 3 is 2.86 bits per heavy atom. The molecule has 116 valence electrons. The molecular weight excluding hydrogens is 297 g/mol. The van der Waals surface area contributed by atoms with E-state index in [1.807, 2.05) is 6.20 Å². The Morgan fingerprint density at radius 2 is 2.29 bits per heavy atom. The number of ether oxygens (including phenoxy) is 1. The van der Waals surface area contributed by atoms with Gasteiger partial charge in [-0.1, -0.05) is 29.0 Å². The molecule has 2 heterocycles. The Kier molecular flexibility index (Phi) is 5.62. The minimum absolute atomic E-state index is 0.331. The first-order chi connectivity index (χ1) is 9.90. The average Bonchev–Trinajstić information content (AvgIpc) is 2.99. The van der Waals surface area contributed by atoms with Crippen molar-refractivity contribution in [1.29, 1.82) is 0 Å². The first-order valence-electron chi connectivity index (χ1n) is 7.53. The standard InChI is InChI=1S/C15H26N3OPSi/c1-5-13-11-17(12-19-9-10-21(2,3)4)15(16-13)14-7-6-8-18(14)20/h1,11,14H,6-10,12,20H2,2-4H3/t14-/m0/s1. The van der Waals surface area contributed by atoms with Gasteiger partial charge in [-0.25, -0.2) is 4.98 Å². The molecular formula is C15H26N3OPSi. The van der Waals surface area contributed by atoms with Gasteiger partial charge >= 0.3 is 0 Å². The Bertz CT molecular complexity index is 518. The predicted octanol–water partition coefficient (Wildman–Crippen LogP) is 3.10. The monoisotopic (exact) mass is 323 g/mol. The number of nitrogens with zero attached hydrogens (tertiary/aromatic N) is 3. The molecule has 0 aromatic carbocycles. The zero-order valence-corrected chi connectivity index (χ0v) is 15.5. The van der Waals surface area contributed by atoms with Gasteiger partial charge in [-0.05, 0) is 24.8 Å². The van der Waals surface area contributed by atoms with E-state index in [2.05, 4.69) is 49.2 Å². The molecule has 1 aliphatic heterocycles. The molecule has 4 nitrogen and oxygen atoms in total. The van der Waals surface area contributed by atoms with Crippen molar-refractivity contribution >= 4 is 17.5 Å². The van der Waals surface area contributed by atoms with E-state index in [1.54, 1.807) is 0 Å². The Balaban J connectivity index is 2.01. The average molecular weight is 323 g/mol. The highest BCUT2D eigenvalue weighted by Crippen LogP contribution is 2.33. The maximum absolute atomic E-state index is 5.85. The van der Waals surface area contributed by atoms with E-state index in [4.69, 9.17) is 11.2 Å². The molecule has 1 aromatic rings. The smallest absolute Gasteiger partial charge is 0.131 e. The third kappa shape index (κ3) is 4.65. The first kappa shape index (κ1) is 16.7. The van der Waals surface area contributed by atoms with Crippen LogP contribution in [-0.4, -0.2) is 35.4 Å². The summed E-state index contributed by atoms with van der Waals surface area (Å²) in [5, 5.41) is 0. The van der Waals surface area contributed by atoms with Gasteiger partial charge in [-0.2, -0.15) is 0 Å². The number of aromatic nitrogens is 2. The van der Waals surface area contributed by atoms with Crippen LogP contribution < -0.4 is 0 Å². The molecule has 1 unspecified atom stereocenters. The fourth-order valence-corrected chi connectivity index (χ4v) is 3.70. The van der Waals surface area contributed by atoms with Crippen LogP contribution in [0.25, 0.3) is 0 Å². The molecule has 0 bridgehead atoms. The molecule has 2 rings (SSSR count). The molecule has 1 aliphatic rings. The Hall–Kier alpha value is -0.663. The van der Waals surface area contributed by atoms with Crippen LogP contribution in [0.4, 0.5) is 0 Å². The van der Waals surface area contributed by atoms with E-state index >= 15 is 0 Å². The fraction of sp³-hybridized carbons (Fsp3) is 0.667. The molecule has 2 atom stereocenters. The zero-order chi connectivity index (χ0) is 15.5. The van der Waals surface area contributed by atoms with Gasteiger partial charge in [0.2, 0.25) is 0 Å². The fourth-order valence-electron chi connectivity index (χ4n) is 2.48. The molecule has 0 saturated carbocycles. The second-order valence-corrected chi connectivity index (χ2v) is 13.1. The number of hydrogen-bond acceptors (Lipinski definition) is 3. The summed E-state index contributed by atoms with van der Waals surface area (Å²) in [4.78, 5) is 4.59. The molecule has 6 heteroatoms. The number of rotatable bonds is 6. The maximum atomic E-state index is 5.85. The molecule has 0 amide bonds. The van der Waals surface area contributed by atoms with E-state index in [0.29, 0.717) is 18.5 Å². The summed E-state index contributed by atoms with van der Waals surface area (Å²) in [5.74, 6) is 3.67. The van der Waals surface area contributed by atoms with Gasteiger partial charge in [0.05, 0.1) is 6.04 Å². The molecule has 0 aliphatic carbocycles. The topological polar surface area (TPSA) is 30.3 Å². The first-order valence-corrected chi connectivity index (χ1v) is 11.8. The summed E-state index contributed by atoms with van der Waals surface area (Å²) < 4.78 is 10.2. The minimum Gasteiger partial charge on any atom is -0.361 e. The molecule has 1 saturated heterocycles. The van der Waals surface area contributed by atoms with Crippen molar-refractivity contribution in [2.75, 3.05) is 13.2 Å². The Labute approximate surface area is 131 Å². The quantitative estimate of drug-likeness (QED) is 0.349. The van der Waals surface area contributed by atoms with Crippen LogP contribution in [0.15, 0.2) is 6.20 Å². The van der Waals surface area contributed by atoms with Crippen LogP contribution in [0, 0.1) is 12.3 Å². The molecule has 1 fully saturated rings. The minimum atomic E-state index is -1.04. The van der Waals surface area contributed by atoms with Crippen molar-refractivity contribution in [2.45, 2.75) is 51.3 Å². The van der Waals surface area contributed by atoms with Gasteiger partial charge in [0.15, 0.2) is 0 Å². The summed E-state index contributed by atoms with van der Waals surface area (Å²) in [6.45, 7) is 9.53. The highest BCUT2D eigenvalue weighted by molar-refractivity contribution is 7.13. The van der Waals surface area contributed by atoms with Gasteiger partial charge in [0.25, 0.3) is 0 Å². The Morgan fingerprint density at radius 1 is 1.52 bits per heavy atom. The molecule has 0 spiro atoms. The van der Waals surface area contributed by atoms with Gasteiger partial charge in [0, 0.05) is 27.4 Å². The number of hydrogen-bond donors (Lipinski definition) is 0. The second kappa shape index (κ2) is 7.06. The van der Waals surface area contributed by atoms with E-state index in [0.717, 1.165) is 25.4 Å². The summed E-state index contributed by atoms with van der Waals surface area (Å²) in [7, 11) is 1.76. The summed E-state index contributed by atoms with van der Waals surface area (Å²) in [5.41, 5.74) is 0.698. The van der Waals surface area contributed by atoms with E-state index in [-0.39, 0.29) is 0 Å². The second-order valence-electron chi connectivity index (χ2n) is 6.84. The van der Waals surface area contributed by atoms with Crippen molar-refractivity contribution < 1.29 is 4.74 Å². The van der Waals surface area contributed by atoms with Crippen LogP contribution in [0.3, 0.4) is 0 Å². The third-order valence-corrected chi connectivity index (χ3v) is 6.10. The summed E-state index contributed by atoms with van der Waals surface area (Å²) in [6.07, 6.45) is 9.75. The van der Waals surface area contributed by atoms with E-state index < -0.39 is 8.07 Å². The van der Waals surface area contributed by atoms with Crippen LogP contribution in [0.2, 0.25) is 25.7 Å². The number of terminal acetylenes is 1. The van der Waals surface area contributed by atoms with Gasteiger partial charge in [-0.15, -0.1) is 6.42 Å². The molecule has 0 N–H and O–H groups in total. The lowest BCUT2D eigenvalue weighted by Crippen LogP contribution is -2.22. The van der Waals surface area contributed by atoms with Crippen molar-refractivity contribution in [3.63, 3.8) is 0 Å². The summed E-state index contributed by atoms with van der Waals surface area (Å²) in [6, 6.07) is 1.51. The van der Waals surface area contributed by atoms with Crippen molar-refractivity contribution in [3.8, 4) is 12.3 Å². The largest absolute Gasteiger partial charge is 0.361 e. The molecule has 21 heavy (non-hydrogen) atoms. The zero-order valence-electron chi connectivity index (χ0n) is 13.3. The van der Waals surface area contributed by atoms with Crippen molar-refractivity contribution in [2.24, 2.45) is 0 Å². The maximum Gasteiger partial charge on any atom is 0.131 e. The van der Waals surface area contributed by atoms with Gasteiger partial charge in [0.1, 0.15) is 18.2 Å². The normalized spacial score (nSPS) is 19.9. The van der Waals surface area contributed by atoms with Crippen molar-refractivity contribution in [1.82, 2.24) is 14.2 Å². The van der Waals surface area contributed by atoms with Crippen LogP contribution in [0.1, 0.15) is 30.4 Å². The SMILES string of the molecule is C#Cc1cn(COCC[Si](C)(C)C)c([C@@H]2CCCN2P)n1. The molecule has 0 radical (unpaired) electrons. The van der Waals surface area contributed by atoms with E-state index in [9.17, 15) is 0 Å². The third-order valence-electron chi connectivity index (χ3n) is 3.77. The predicted molar refractivity (Wildman–Crippen MR) is 92.7 cm³/mol. The molecule has 1 aromatic heterocycles. The lowest BCUT2D eigenvalue weighted by atomic mass is 10.2. The highest BCUT2D eigenvalue weighted by Gasteiger charge is 2.27. The summed E-state index contributed by atoms with van der Waals surface area (Å²) >= 11 is 0. The van der Waals surface area contributed by atoms with E-state index in [1.165, 1.54) is 12.5 Å². The van der Waals surface area contributed by atoms with Crippen LogP contribution in [0.5, 0.6) is 0 Å².